The minimum absolute atomic E-state index is 0.0141. The summed E-state index contributed by atoms with van der Waals surface area (Å²) in [5, 5.41) is 1.66. The first-order valence-corrected chi connectivity index (χ1v) is 5.28. The van der Waals surface area contributed by atoms with Crippen LogP contribution in [0.5, 0.6) is 0 Å². The highest BCUT2D eigenvalue weighted by Crippen LogP contribution is 2.19. The second-order valence-electron chi connectivity index (χ2n) is 3.94. The first kappa shape index (κ1) is 10.2. The zero-order valence-electron chi connectivity index (χ0n) is 8.67. The van der Waals surface area contributed by atoms with Gasteiger partial charge in [0.15, 0.2) is 0 Å². The van der Waals surface area contributed by atoms with Gasteiger partial charge in [-0.25, -0.2) is 0 Å². The molecule has 2 rings (SSSR count). The van der Waals surface area contributed by atoms with Gasteiger partial charge < -0.3 is 4.98 Å². The van der Waals surface area contributed by atoms with Crippen LogP contribution in [0.15, 0.2) is 29.1 Å². The van der Waals surface area contributed by atoms with Gasteiger partial charge in [-0.2, -0.15) is 0 Å². The molecule has 1 N–H and O–H groups in total. The fourth-order valence-corrected chi connectivity index (χ4v) is 1.80. The lowest BCUT2D eigenvalue weighted by Crippen LogP contribution is -2.13. The number of aromatic nitrogens is 1. The molecule has 15 heavy (non-hydrogen) atoms. The maximum Gasteiger partial charge on any atom is 0.251 e. The van der Waals surface area contributed by atoms with Crippen molar-refractivity contribution in [3.05, 3.63) is 45.2 Å². The van der Waals surface area contributed by atoms with E-state index < -0.39 is 0 Å². The van der Waals surface area contributed by atoms with Crippen molar-refractivity contribution in [3.63, 3.8) is 0 Å². The summed E-state index contributed by atoms with van der Waals surface area (Å²) in [5.74, 6) is 0.220. The molecule has 0 atom stereocenters. The Morgan fingerprint density at radius 2 is 2.00 bits per heavy atom. The Bertz CT molecular complexity index is 557. The third-order valence-corrected chi connectivity index (χ3v) is 2.69. The zero-order chi connectivity index (χ0) is 11.0. The highest BCUT2D eigenvalue weighted by Gasteiger charge is 2.06. The van der Waals surface area contributed by atoms with Crippen molar-refractivity contribution < 1.29 is 0 Å². The number of fused-ring (bicyclic) bond motifs is 1. The van der Waals surface area contributed by atoms with Crippen molar-refractivity contribution in [1.82, 2.24) is 4.98 Å². The Balaban J connectivity index is 2.77. The molecule has 0 saturated heterocycles. The van der Waals surface area contributed by atoms with Gasteiger partial charge in [0.05, 0.1) is 0 Å². The van der Waals surface area contributed by atoms with Gasteiger partial charge in [-0.15, -0.1) is 0 Å². The Labute approximate surface area is 92.9 Å². The summed E-state index contributed by atoms with van der Waals surface area (Å²) in [6, 6.07) is 7.36. The molecule has 0 fully saturated rings. The van der Waals surface area contributed by atoms with Gasteiger partial charge in [-0.05, 0) is 35.6 Å². The van der Waals surface area contributed by atoms with Crippen LogP contribution in [-0.4, -0.2) is 4.98 Å². The van der Waals surface area contributed by atoms with E-state index in [0.29, 0.717) is 5.02 Å². The average molecular weight is 222 g/mol. The predicted molar refractivity (Wildman–Crippen MR) is 63.7 cm³/mol. The van der Waals surface area contributed by atoms with Gasteiger partial charge in [0.2, 0.25) is 0 Å². The van der Waals surface area contributed by atoms with Crippen LogP contribution >= 0.6 is 11.6 Å². The molecule has 0 radical (unpaired) electrons. The number of nitrogens with one attached hydrogen (secondary N) is 1. The number of pyridine rings is 1. The largest absolute Gasteiger partial charge is 0.322 e. The fourth-order valence-electron chi connectivity index (χ4n) is 1.62. The van der Waals surface area contributed by atoms with E-state index in [1.54, 1.807) is 6.07 Å². The lowest BCUT2D eigenvalue weighted by molar-refractivity contribution is 0.849. The molecule has 2 aromatic rings. The summed E-state index contributed by atoms with van der Waals surface area (Å²) < 4.78 is 0. The lowest BCUT2D eigenvalue weighted by Gasteiger charge is -2.06. The van der Waals surface area contributed by atoms with Gasteiger partial charge in [-0.1, -0.05) is 25.4 Å². The van der Waals surface area contributed by atoms with Crippen LogP contribution in [-0.2, 0) is 0 Å². The number of benzene rings is 1. The third-order valence-electron chi connectivity index (χ3n) is 2.46. The quantitative estimate of drug-likeness (QED) is 0.788. The van der Waals surface area contributed by atoms with Gasteiger partial charge in [0.1, 0.15) is 0 Å². The second kappa shape index (κ2) is 3.70. The summed E-state index contributed by atoms with van der Waals surface area (Å²) in [5.41, 5.74) is 1.61. The third kappa shape index (κ3) is 1.90. The van der Waals surface area contributed by atoms with E-state index in [2.05, 4.69) is 4.98 Å². The number of hydrogen-bond donors (Lipinski definition) is 1. The summed E-state index contributed by atoms with van der Waals surface area (Å²) in [4.78, 5) is 14.5. The van der Waals surface area contributed by atoms with Crippen LogP contribution in [0, 0.1) is 0 Å². The smallest absolute Gasteiger partial charge is 0.251 e. The monoisotopic (exact) mass is 221 g/mol. The Kier molecular flexibility index (Phi) is 2.53. The van der Waals surface area contributed by atoms with Crippen molar-refractivity contribution in [3.8, 4) is 0 Å². The van der Waals surface area contributed by atoms with Crippen molar-refractivity contribution in [2.45, 2.75) is 19.8 Å². The molecule has 0 amide bonds. The first-order chi connectivity index (χ1) is 7.08. The van der Waals surface area contributed by atoms with Gasteiger partial charge in [-0.3, -0.25) is 4.79 Å². The first-order valence-electron chi connectivity index (χ1n) is 4.90. The van der Waals surface area contributed by atoms with Crippen LogP contribution in [0.1, 0.15) is 25.3 Å². The van der Waals surface area contributed by atoms with Crippen LogP contribution < -0.4 is 5.56 Å². The van der Waals surface area contributed by atoms with Crippen LogP contribution in [0.25, 0.3) is 10.9 Å². The van der Waals surface area contributed by atoms with E-state index in [1.807, 2.05) is 32.0 Å². The van der Waals surface area contributed by atoms with E-state index in [4.69, 9.17) is 11.6 Å². The van der Waals surface area contributed by atoms with Gasteiger partial charge >= 0.3 is 0 Å². The second-order valence-corrected chi connectivity index (χ2v) is 4.38. The molecule has 0 bridgehead atoms. The number of hydrogen-bond acceptors (Lipinski definition) is 1. The Morgan fingerprint density at radius 3 is 2.67 bits per heavy atom. The summed E-state index contributed by atoms with van der Waals surface area (Å²) in [7, 11) is 0. The van der Waals surface area contributed by atoms with Crippen molar-refractivity contribution in [2.24, 2.45) is 0 Å². The molecule has 0 aliphatic carbocycles. The predicted octanol–water partition coefficient (Wildman–Crippen LogP) is 3.30. The summed E-state index contributed by atoms with van der Waals surface area (Å²) in [6.07, 6.45) is 0. The fraction of sp³-hybridized carbons (Fsp3) is 0.250. The molecule has 3 heteroatoms. The number of rotatable bonds is 1. The molecule has 2 nitrogen and oxygen atoms in total. The number of halogens is 1. The number of aromatic amines is 1. The standard InChI is InChI=1S/C12H12ClNO/c1-7(2)10-6-8-5-9(13)3-4-11(8)14-12(10)15/h3-7H,1-2H3,(H,14,15). The SMILES string of the molecule is CC(C)c1cc2cc(Cl)ccc2[nH]c1=O. The molecule has 1 aromatic heterocycles. The molecule has 0 saturated carbocycles. The van der Waals surface area contributed by atoms with E-state index >= 15 is 0 Å². The van der Waals surface area contributed by atoms with E-state index in [1.165, 1.54) is 0 Å². The molecule has 1 aromatic carbocycles. The number of H-pyrrole nitrogens is 1. The van der Waals surface area contributed by atoms with Crippen LogP contribution in [0.4, 0.5) is 0 Å². The molecule has 0 unspecified atom stereocenters. The normalized spacial score (nSPS) is 11.2. The van der Waals surface area contributed by atoms with Crippen LogP contribution in [0.2, 0.25) is 5.02 Å². The maximum atomic E-state index is 11.7. The molecular formula is C12H12ClNO. The zero-order valence-corrected chi connectivity index (χ0v) is 9.43. The summed E-state index contributed by atoms with van der Waals surface area (Å²) in [6.45, 7) is 4.00. The highest BCUT2D eigenvalue weighted by molar-refractivity contribution is 6.31. The van der Waals surface area contributed by atoms with Crippen molar-refractivity contribution in [1.29, 1.82) is 0 Å². The Hall–Kier alpha value is -1.28. The summed E-state index contributed by atoms with van der Waals surface area (Å²) >= 11 is 5.90. The van der Waals surface area contributed by atoms with Gasteiger partial charge in [0.25, 0.3) is 5.56 Å². The minimum Gasteiger partial charge on any atom is -0.322 e. The van der Waals surface area contributed by atoms with E-state index in [-0.39, 0.29) is 11.5 Å². The van der Waals surface area contributed by atoms with Crippen molar-refractivity contribution in [2.75, 3.05) is 0 Å². The maximum absolute atomic E-state index is 11.7. The molecular weight excluding hydrogens is 210 g/mol. The average Bonchev–Trinajstić information content (AvgIpc) is 2.17. The van der Waals surface area contributed by atoms with E-state index in [0.717, 1.165) is 16.5 Å². The molecule has 1 heterocycles. The van der Waals surface area contributed by atoms with Crippen LogP contribution in [0.3, 0.4) is 0 Å². The Morgan fingerprint density at radius 1 is 1.27 bits per heavy atom. The van der Waals surface area contributed by atoms with Gasteiger partial charge in [0, 0.05) is 16.1 Å². The topological polar surface area (TPSA) is 32.9 Å². The molecule has 0 aliphatic heterocycles. The lowest BCUT2D eigenvalue weighted by atomic mass is 10.0. The molecule has 0 aliphatic rings. The minimum atomic E-state index is -0.0141. The molecule has 78 valence electrons. The van der Waals surface area contributed by atoms with E-state index in [9.17, 15) is 4.79 Å². The molecule has 0 spiro atoms. The highest BCUT2D eigenvalue weighted by atomic mass is 35.5. The van der Waals surface area contributed by atoms with Crippen molar-refractivity contribution >= 4 is 22.5 Å².